The first-order valence-corrected chi connectivity index (χ1v) is 10.3. The van der Waals surface area contributed by atoms with Crippen LogP contribution in [0.15, 0.2) is 24.3 Å². The van der Waals surface area contributed by atoms with Gasteiger partial charge in [0.05, 0.1) is 0 Å². The maximum Gasteiger partial charge on any atom is 0.244 e. The summed E-state index contributed by atoms with van der Waals surface area (Å²) in [4.78, 5) is 31.0. The maximum absolute atomic E-state index is 13.2. The number of rotatable bonds is 6. The van der Waals surface area contributed by atoms with Gasteiger partial charge in [-0.1, -0.05) is 29.8 Å². The molecule has 2 amide bonds. The minimum absolute atomic E-state index is 0.207. The molecule has 2 aliphatic rings. The van der Waals surface area contributed by atoms with Crippen molar-refractivity contribution in [3.05, 3.63) is 35.4 Å². The van der Waals surface area contributed by atoms with Crippen LogP contribution in [0, 0.1) is 12.8 Å². The molecule has 2 fully saturated rings. The molecule has 1 atom stereocenters. The summed E-state index contributed by atoms with van der Waals surface area (Å²) in [6, 6.07) is 8.04. The van der Waals surface area contributed by atoms with Crippen LogP contribution in [0.4, 0.5) is 0 Å². The largest absolute Gasteiger partial charge is 0.343 e. The van der Waals surface area contributed by atoms with Crippen molar-refractivity contribution in [2.75, 3.05) is 40.3 Å². The highest BCUT2D eigenvalue weighted by atomic mass is 16.2. The second-order valence-electron chi connectivity index (χ2n) is 8.32. The summed E-state index contributed by atoms with van der Waals surface area (Å²) < 4.78 is 0. The predicted molar refractivity (Wildman–Crippen MR) is 107 cm³/mol. The summed E-state index contributed by atoms with van der Waals surface area (Å²) in [7, 11) is 3.95. The zero-order valence-electron chi connectivity index (χ0n) is 17.0. The molecule has 2 saturated heterocycles. The third-order valence-electron chi connectivity index (χ3n) is 6.01. The van der Waals surface area contributed by atoms with E-state index in [4.69, 9.17) is 0 Å². The van der Waals surface area contributed by atoms with Crippen molar-refractivity contribution in [1.82, 2.24) is 14.7 Å². The number of likely N-dealkylation sites (tertiary alicyclic amines) is 2. The monoisotopic (exact) mass is 371 g/mol. The van der Waals surface area contributed by atoms with Crippen LogP contribution in [0.3, 0.4) is 0 Å². The van der Waals surface area contributed by atoms with Gasteiger partial charge in [0.15, 0.2) is 0 Å². The Morgan fingerprint density at radius 1 is 1.22 bits per heavy atom. The zero-order chi connectivity index (χ0) is 19.4. The van der Waals surface area contributed by atoms with Crippen LogP contribution < -0.4 is 0 Å². The maximum atomic E-state index is 13.2. The average Bonchev–Trinajstić information content (AvgIpc) is 3.05. The average molecular weight is 372 g/mol. The van der Waals surface area contributed by atoms with E-state index < -0.39 is 0 Å². The third-order valence-corrected chi connectivity index (χ3v) is 6.01. The van der Waals surface area contributed by atoms with Gasteiger partial charge >= 0.3 is 0 Å². The molecule has 5 heteroatoms. The van der Waals surface area contributed by atoms with Crippen LogP contribution in [-0.4, -0.2) is 66.8 Å². The summed E-state index contributed by atoms with van der Waals surface area (Å²) in [5.74, 6) is 1.15. The Labute approximate surface area is 163 Å². The van der Waals surface area contributed by atoms with Gasteiger partial charge in [-0.05, 0) is 58.2 Å². The lowest BCUT2D eigenvalue weighted by Crippen LogP contribution is -2.44. The van der Waals surface area contributed by atoms with E-state index in [-0.39, 0.29) is 11.9 Å². The number of benzene rings is 1. The summed E-state index contributed by atoms with van der Waals surface area (Å²) in [5, 5.41) is 0. The lowest BCUT2D eigenvalue weighted by Gasteiger charge is -2.36. The smallest absolute Gasteiger partial charge is 0.244 e. The SMILES string of the molecule is Cc1cccc(C(C(=O)N2CCC(CCN3CCCC3=O)CC2)N(C)C)c1. The van der Waals surface area contributed by atoms with E-state index in [0.29, 0.717) is 11.8 Å². The van der Waals surface area contributed by atoms with Gasteiger partial charge < -0.3 is 9.80 Å². The molecule has 1 unspecified atom stereocenters. The van der Waals surface area contributed by atoms with Crippen LogP contribution in [0.25, 0.3) is 0 Å². The Morgan fingerprint density at radius 3 is 2.56 bits per heavy atom. The fourth-order valence-corrected chi connectivity index (χ4v) is 4.40. The van der Waals surface area contributed by atoms with Crippen molar-refractivity contribution in [3.8, 4) is 0 Å². The molecule has 1 aromatic rings. The number of aryl methyl sites for hydroxylation is 1. The summed E-state index contributed by atoms with van der Waals surface area (Å²) in [5.41, 5.74) is 2.25. The van der Waals surface area contributed by atoms with Crippen LogP contribution in [-0.2, 0) is 9.59 Å². The highest BCUT2D eigenvalue weighted by molar-refractivity contribution is 5.83. The Balaban J connectivity index is 1.54. The first-order valence-electron chi connectivity index (χ1n) is 10.3. The van der Waals surface area contributed by atoms with E-state index in [9.17, 15) is 9.59 Å². The number of piperidine rings is 1. The molecule has 2 aliphatic heterocycles. The second kappa shape index (κ2) is 8.87. The van der Waals surface area contributed by atoms with Crippen molar-refractivity contribution in [1.29, 1.82) is 0 Å². The van der Waals surface area contributed by atoms with Crippen molar-refractivity contribution in [3.63, 3.8) is 0 Å². The van der Waals surface area contributed by atoms with Crippen molar-refractivity contribution in [2.45, 2.75) is 45.1 Å². The fraction of sp³-hybridized carbons (Fsp3) is 0.636. The van der Waals surface area contributed by atoms with E-state index in [1.807, 2.05) is 34.9 Å². The lowest BCUT2D eigenvalue weighted by atomic mass is 9.92. The molecule has 1 aromatic carbocycles. The standard InChI is InChI=1S/C22H33N3O2/c1-17-6-4-7-19(16-17)21(23(2)3)22(27)25-14-10-18(11-15-25)9-13-24-12-5-8-20(24)26/h4,6-7,16,18,21H,5,8-15H2,1-3H3. The molecule has 2 heterocycles. The lowest BCUT2D eigenvalue weighted by molar-refractivity contribution is -0.137. The summed E-state index contributed by atoms with van der Waals surface area (Å²) >= 11 is 0. The third kappa shape index (κ3) is 4.89. The molecule has 148 valence electrons. The number of amides is 2. The first kappa shape index (κ1) is 19.9. The molecule has 5 nitrogen and oxygen atoms in total. The molecule has 27 heavy (non-hydrogen) atoms. The molecule has 0 radical (unpaired) electrons. The van der Waals surface area contributed by atoms with E-state index >= 15 is 0 Å². The van der Waals surface area contributed by atoms with Gasteiger partial charge in [-0.25, -0.2) is 0 Å². The van der Waals surface area contributed by atoms with Crippen LogP contribution >= 0.6 is 0 Å². The number of nitrogens with zero attached hydrogens (tertiary/aromatic N) is 3. The molecule has 0 N–H and O–H groups in total. The number of carbonyl (C=O) groups excluding carboxylic acids is 2. The quantitative estimate of drug-likeness (QED) is 0.772. The highest BCUT2D eigenvalue weighted by Gasteiger charge is 2.31. The minimum atomic E-state index is -0.219. The van der Waals surface area contributed by atoms with Gasteiger partial charge in [0.25, 0.3) is 0 Å². The second-order valence-corrected chi connectivity index (χ2v) is 8.32. The van der Waals surface area contributed by atoms with Gasteiger partial charge in [0.2, 0.25) is 11.8 Å². The van der Waals surface area contributed by atoms with E-state index in [1.54, 1.807) is 0 Å². The van der Waals surface area contributed by atoms with Gasteiger partial charge in [-0.15, -0.1) is 0 Å². The number of hydrogen-bond donors (Lipinski definition) is 0. The van der Waals surface area contributed by atoms with E-state index in [0.717, 1.165) is 63.8 Å². The molecule has 0 bridgehead atoms. The number of carbonyl (C=O) groups is 2. The van der Waals surface area contributed by atoms with Gasteiger partial charge in [0, 0.05) is 32.6 Å². The number of likely N-dealkylation sites (N-methyl/N-ethyl adjacent to an activating group) is 1. The Bertz CT molecular complexity index is 665. The topological polar surface area (TPSA) is 43.9 Å². The minimum Gasteiger partial charge on any atom is -0.343 e. The van der Waals surface area contributed by atoms with Gasteiger partial charge in [-0.2, -0.15) is 0 Å². The molecular formula is C22H33N3O2. The molecular weight excluding hydrogens is 338 g/mol. The first-order chi connectivity index (χ1) is 13.0. The summed E-state index contributed by atoms with van der Waals surface area (Å²) in [6.07, 6.45) is 4.89. The molecule has 0 saturated carbocycles. The summed E-state index contributed by atoms with van der Waals surface area (Å²) in [6.45, 7) is 5.54. The van der Waals surface area contributed by atoms with Crippen LogP contribution in [0.1, 0.15) is 49.3 Å². The highest BCUT2D eigenvalue weighted by Crippen LogP contribution is 2.27. The Hall–Kier alpha value is -1.88. The Kier molecular flexibility index (Phi) is 6.53. The van der Waals surface area contributed by atoms with Crippen LogP contribution in [0.5, 0.6) is 0 Å². The van der Waals surface area contributed by atoms with Gasteiger partial charge in [-0.3, -0.25) is 14.5 Å². The van der Waals surface area contributed by atoms with Gasteiger partial charge in [0.1, 0.15) is 6.04 Å². The predicted octanol–water partition coefficient (Wildman–Crippen LogP) is 2.85. The van der Waals surface area contributed by atoms with E-state index in [2.05, 4.69) is 25.1 Å². The van der Waals surface area contributed by atoms with Crippen molar-refractivity contribution in [2.24, 2.45) is 5.92 Å². The fourth-order valence-electron chi connectivity index (χ4n) is 4.40. The normalized spacial score (nSPS) is 19.8. The molecule has 0 aliphatic carbocycles. The molecule has 0 aromatic heterocycles. The van der Waals surface area contributed by atoms with Crippen molar-refractivity contribution >= 4 is 11.8 Å². The van der Waals surface area contributed by atoms with Crippen LogP contribution in [0.2, 0.25) is 0 Å². The van der Waals surface area contributed by atoms with Crippen molar-refractivity contribution < 1.29 is 9.59 Å². The number of hydrogen-bond acceptors (Lipinski definition) is 3. The molecule has 3 rings (SSSR count). The molecule has 0 spiro atoms. The zero-order valence-corrected chi connectivity index (χ0v) is 17.0. The van der Waals surface area contributed by atoms with E-state index in [1.165, 1.54) is 5.56 Å². The Morgan fingerprint density at radius 2 is 1.96 bits per heavy atom.